The van der Waals surface area contributed by atoms with E-state index in [1.807, 2.05) is 24.8 Å². The Hall–Kier alpha value is -2.28. The minimum absolute atomic E-state index is 0.122. The van der Waals surface area contributed by atoms with Gasteiger partial charge in [0.25, 0.3) is 0 Å². The predicted molar refractivity (Wildman–Crippen MR) is 96.6 cm³/mol. The fraction of sp³-hybridized carbons (Fsp3) is 0.579. The second kappa shape index (κ2) is 7.15. The van der Waals surface area contributed by atoms with Gasteiger partial charge in [-0.05, 0) is 39.2 Å². The molecule has 2 aromatic heterocycles. The zero-order valence-electron chi connectivity index (χ0n) is 15.4. The smallest absolute Gasteiger partial charge is 0.225 e. The Labute approximate surface area is 153 Å². The second-order valence-corrected chi connectivity index (χ2v) is 7.30. The number of H-pyrrole nitrogens is 1. The first-order valence-corrected chi connectivity index (χ1v) is 9.34. The summed E-state index contributed by atoms with van der Waals surface area (Å²) in [5.41, 5.74) is 2.82. The number of nitrogens with one attached hydrogen (secondary N) is 1. The van der Waals surface area contributed by atoms with E-state index < -0.39 is 0 Å². The molecule has 0 saturated carbocycles. The number of rotatable bonds is 3. The van der Waals surface area contributed by atoms with Crippen LogP contribution in [0.25, 0.3) is 11.5 Å². The maximum absolute atomic E-state index is 12.8. The maximum atomic E-state index is 12.8. The van der Waals surface area contributed by atoms with E-state index in [-0.39, 0.29) is 17.7 Å². The number of ether oxygens (including phenoxy) is 1. The molecular formula is C19H25N5O2. The molecule has 4 heterocycles. The number of carbonyl (C=O) groups is 1. The number of aromatic nitrogens is 4. The predicted octanol–water partition coefficient (Wildman–Crippen LogP) is 2.23. The quantitative estimate of drug-likeness (QED) is 0.913. The summed E-state index contributed by atoms with van der Waals surface area (Å²) >= 11 is 0. The van der Waals surface area contributed by atoms with Gasteiger partial charge in [-0.2, -0.15) is 0 Å². The number of aromatic amines is 1. The summed E-state index contributed by atoms with van der Waals surface area (Å²) in [6.45, 7) is 6.82. The van der Waals surface area contributed by atoms with Crippen LogP contribution < -0.4 is 0 Å². The lowest BCUT2D eigenvalue weighted by atomic mass is 9.98. The first kappa shape index (κ1) is 17.1. The Balaban J connectivity index is 1.50. The Morgan fingerprint density at radius 1 is 1.23 bits per heavy atom. The summed E-state index contributed by atoms with van der Waals surface area (Å²) in [5.74, 6) is 2.16. The van der Waals surface area contributed by atoms with E-state index in [1.54, 1.807) is 6.20 Å². The molecule has 0 bridgehead atoms. The van der Waals surface area contributed by atoms with Crippen LogP contribution in [0, 0.1) is 19.8 Å². The van der Waals surface area contributed by atoms with Crippen LogP contribution >= 0.6 is 0 Å². The van der Waals surface area contributed by atoms with Gasteiger partial charge in [0.1, 0.15) is 11.5 Å². The standard InChI is InChI=1S/C19H25N5O2/c1-12-10-20-18(21-12)17-9-16(22-13(2)23-17)15-3-6-24(11-15)19(25)14-4-7-26-8-5-14/h9-10,14-15H,3-8,11H2,1-2H3,(H,20,21). The normalized spacial score (nSPS) is 21.3. The van der Waals surface area contributed by atoms with Crippen LogP contribution in [0.1, 0.15) is 42.4 Å². The van der Waals surface area contributed by atoms with Gasteiger partial charge < -0.3 is 14.6 Å². The van der Waals surface area contributed by atoms with Crippen molar-refractivity contribution in [2.45, 2.75) is 39.0 Å². The largest absolute Gasteiger partial charge is 0.381 e. The van der Waals surface area contributed by atoms with Gasteiger partial charge in [-0.25, -0.2) is 15.0 Å². The average Bonchev–Trinajstić information content (AvgIpc) is 3.31. The number of hydrogen-bond donors (Lipinski definition) is 1. The van der Waals surface area contributed by atoms with Crippen molar-refractivity contribution in [2.75, 3.05) is 26.3 Å². The lowest BCUT2D eigenvalue weighted by Crippen LogP contribution is -2.37. The molecule has 1 N–H and O–H groups in total. The van der Waals surface area contributed by atoms with E-state index in [0.717, 1.165) is 61.1 Å². The van der Waals surface area contributed by atoms with Gasteiger partial charge in [0.2, 0.25) is 5.91 Å². The molecule has 26 heavy (non-hydrogen) atoms. The lowest BCUT2D eigenvalue weighted by molar-refractivity contribution is -0.137. The first-order chi connectivity index (χ1) is 12.6. The molecule has 0 spiro atoms. The monoisotopic (exact) mass is 355 g/mol. The third-order valence-electron chi connectivity index (χ3n) is 5.29. The van der Waals surface area contributed by atoms with Crippen molar-refractivity contribution in [1.82, 2.24) is 24.8 Å². The number of carbonyl (C=O) groups excluding carboxylic acids is 1. The fourth-order valence-corrected chi connectivity index (χ4v) is 3.87. The number of imidazole rings is 1. The number of aryl methyl sites for hydroxylation is 2. The van der Waals surface area contributed by atoms with E-state index in [4.69, 9.17) is 4.74 Å². The van der Waals surface area contributed by atoms with Gasteiger partial charge >= 0.3 is 0 Å². The minimum atomic E-state index is 0.122. The summed E-state index contributed by atoms with van der Waals surface area (Å²) in [4.78, 5) is 31.5. The zero-order valence-corrected chi connectivity index (χ0v) is 15.4. The molecule has 2 aliphatic rings. The van der Waals surface area contributed by atoms with Crippen molar-refractivity contribution in [3.8, 4) is 11.5 Å². The van der Waals surface area contributed by atoms with Gasteiger partial charge in [-0.1, -0.05) is 0 Å². The van der Waals surface area contributed by atoms with Gasteiger partial charge in [0.15, 0.2) is 5.82 Å². The highest BCUT2D eigenvalue weighted by atomic mass is 16.5. The molecule has 0 aliphatic carbocycles. The summed E-state index contributed by atoms with van der Waals surface area (Å²) in [6, 6.07) is 2.01. The number of hydrogen-bond acceptors (Lipinski definition) is 5. The molecule has 0 radical (unpaired) electrons. The molecule has 7 heteroatoms. The molecule has 2 saturated heterocycles. The van der Waals surface area contributed by atoms with Crippen molar-refractivity contribution in [3.05, 3.63) is 29.5 Å². The van der Waals surface area contributed by atoms with Crippen LogP contribution in [-0.2, 0) is 9.53 Å². The Morgan fingerprint density at radius 2 is 2.04 bits per heavy atom. The van der Waals surface area contributed by atoms with Gasteiger partial charge in [0, 0.05) is 55.7 Å². The molecule has 1 atom stereocenters. The average molecular weight is 355 g/mol. The van der Waals surface area contributed by atoms with Crippen LogP contribution in [0.15, 0.2) is 12.3 Å². The summed E-state index contributed by atoms with van der Waals surface area (Å²) in [5, 5.41) is 0. The molecule has 1 amide bonds. The van der Waals surface area contributed by atoms with E-state index in [2.05, 4.69) is 19.9 Å². The SMILES string of the molecule is Cc1nc(-c2ncc(C)[nH]2)cc(C2CCN(C(=O)C3CCOCC3)C2)n1. The topological polar surface area (TPSA) is 84.0 Å². The third-order valence-corrected chi connectivity index (χ3v) is 5.29. The highest BCUT2D eigenvalue weighted by Crippen LogP contribution is 2.30. The molecule has 2 aliphatic heterocycles. The first-order valence-electron chi connectivity index (χ1n) is 9.34. The Bertz CT molecular complexity index is 797. The lowest BCUT2D eigenvalue weighted by Gasteiger charge is -2.26. The summed E-state index contributed by atoms with van der Waals surface area (Å²) in [6.07, 6.45) is 4.43. The third kappa shape index (κ3) is 3.49. The summed E-state index contributed by atoms with van der Waals surface area (Å²) < 4.78 is 5.38. The van der Waals surface area contributed by atoms with E-state index in [0.29, 0.717) is 13.2 Å². The number of amides is 1. The second-order valence-electron chi connectivity index (χ2n) is 7.30. The fourth-order valence-electron chi connectivity index (χ4n) is 3.87. The maximum Gasteiger partial charge on any atom is 0.225 e. The zero-order chi connectivity index (χ0) is 18.1. The molecule has 0 aromatic carbocycles. The van der Waals surface area contributed by atoms with E-state index in [1.165, 1.54) is 0 Å². The molecular weight excluding hydrogens is 330 g/mol. The van der Waals surface area contributed by atoms with Crippen molar-refractivity contribution in [3.63, 3.8) is 0 Å². The Kier molecular flexibility index (Phi) is 4.72. The van der Waals surface area contributed by atoms with Crippen LogP contribution in [0.4, 0.5) is 0 Å². The van der Waals surface area contributed by atoms with Crippen molar-refractivity contribution < 1.29 is 9.53 Å². The minimum Gasteiger partial charge on any atom is -0.381 e. The summed E-state index contributed by atoms with van der Waals surface area (Å²) in [7, 11) is 0. The van der Waals surface area contributed by atoms with Crippen LogP contribution in [0.3, 0.4) is 0 Å². The molecule has 1 unspecified atom stereocenters. The van der Waals surface area contributed by atoms with E-state index in [9.17, 15) is 4.79 Å². The van der Waals surface area contributed by atoms with Crippen molar-refractivity contribution >= 4 is 5.91 Å². The van der Waals surface area contributed by atoms with Crippen molar-refractivity contribution in [2.24, 2.45) is 5.92 Å². The van der Waals surface area contributed by atoms with Crippen LogP contribution in [0.2, 0.25) is 0 Å². The van der Waals surface area contributed by atoms with Crippen LogP contribution in [0.5, 0.6) is 0 Å². The van der Waals surface area contributed by atoms with Crippen LogP contribution in [-0.4, -0.2) is 57.0 Å². The molecule has 138 valence electrons. The molecule has 2 fully saturated rings. The number of nitrogens with zero attached hydrogens (tertiary/aromatic N) is 4. The highest BCUT2D eigenvalue weighted by Gasteiger charge is 2.33. The van der Waals surface area contributed by atoms with Gasteiger partial charge in [0.05, 0.1) is 0 Å². The van der Waals surface area contributed by atoms with Crippen molar-refractivity contribution in [1.29, 1.82) is 0 Å². The van der Waals surface area contributed by atoms with Gasteiger partial charge in [-0.3, -0.25) is 4.79 Å². The Morgan fingerprint density at radius 3 is 2.77 bits per heavy atom. The van der Waals surface area contributed by atoms with E-state index >= 15 is 0 Å². The molecule has 4 rings (SSSR count). The highest BCUT2D eigenvalue weighted by molar-refractivity contribution is 5.79. The van der Waals surface area contributed by atoms with Gasteiger partial charge in [-0.15, -0.1) is 0 Å². The number of likely N-dealkylation sites (tertiary alicyclic amines) is 1. The molecule has 2 aromatic rings. The molecule has 7 nitrogen and oxygen atoms in total.